The zero-order chi connectivity index (χ0) is 6.95. The highest BCUT2D eigenvalue weighted by Gasteiger charge is 1.77. The molecule has 0 spiro atoms. The fraction of sp³-hybridized carbons (Fsp3) is 0.714. The molecular weight excluding hydrogens is 227 g/mol. The Morgan fingerprint density at radius 1 is 1.33 bits per heavy atom. The van der Waals surface area contributed by atoms with Crippen LogP contribution in [0.2, 0.25) is 0 Å². The topological polar surface area (TPSA) is 9.23 Å². The Balaban J connectivity index is 2.86. The van der Waals surface area contributed by atoms with Crippen LogP contribution < -0.4 is 0 Å². The molecule has 0 saturated carbocycles. The predicted molar refractivity (Wildman–Crippen MR) is 48.6 cm³/mol. The number of hydrogen-bond donors (Lipinski definition) is 0. The SMILES string of the molecule is CCC/C=C\CCOI. The Morgan fingerprint density at radius 2 is 2.00 bits per heavy atom. The molecular formula is C7H13IO. The van der Waals surface area contributed by atoms with Crippen molar-refractivity contribution in [1.29, 1.82) is 0 Å². The molecule has 0 aliphatic heterocycles. The van der Waals surface area contributed by atoms with Gasteiger partial charge < -0.3 is 3.07 Å². The second-order valence-corrected chi connectivity index (χ2v) is 2.48. The van der Waals surface area contributed by atoms with E-state index in [1.165, 1.54) is 12.8 Å². The molecule has 0 atom stereocenters. The van der Waals surface area contributed by atoms with Gasteiger partial charge in [0.1, 0.15) is 23.0 Å². The first kappa shape index (κ1) is 9.43. The van der Waals surface area contributed by atoms with Crippen LogP contribution in [0.5, 0.6) is 0 Å². The first-order valence-corrected chi connectivity index (χ1v) is 4.18. The molecule has 0 saturated heterocycles. The van der Waals surface area contributed by atoms with Crippen molar-refractivity contribution in [3.8, 4) is 0 Å². The third-order valence-electron chi connectivity index (χ3n) is 0.984. The second kappa shape index (κ2) is 8.43. The van der Waals surface area contributed by atoms with Crippen molar-refractivity contribution >= 4 is 23.0 Å². The summed E-state index contributed by atoms with van der Waals surface area (Å²) < 4.78 is 4.84. The van der Waals surface area contributed by atoms with Crippen LogP contribution in [0, 0.1) is 0 Å². The first-order valence-electron chi connectivity index (χ1n) is 3.30. The molecule has 2 heteroatoms. The summed E-state index contributed by atoms with van der Waals surface area (Å²) in [6.45, 7) is 3.01. The van der Waals surface area contributed by atoms with Gasteiger partial charge in [0.25, 0.3) is 0 Å². The van der Waals surface area contributed by atoms with Gasteiger partial charge >= 0.3 is 0 Å². The van der Waals surface area contributed by atoms with Gasteiger partial charge in [0.05, 0.1) is 6.61 Å². The quantitative estimate of drug-likeness (QED) is 0.407. The van der Waals surface area contributed by atoms with Crippen LogP contribution in [0.15, 0.2) is 12.2 Å². The molecule has 0 radical (unpaired) electrons. The summed E-state index contributed by atoms with van der Waals surface area (Å²) in [6, 6.07) is 0. The summed E-state index contributed by atoms with van der Waals surface area (Å²) in [7, 11) is 0. The maximum Gasteiger partial charge on any atom is 0.109 e. The maximum absolute atomic E-state index is 4.84. The first-order chi connectivity index (χ1) is 4.41. The zero-order valence-corrected chi connectivity index (χ0v) is 7.93. The monoisotopic (exact) mass is 240 g/mol. The van der Waals surface area contributed by atoms with Crippen LogP contribution in [0.3, 0.4) is 0 Å². The molecule has 0 unspecified atom stereocenters. The number of unbranched alkanes of at least 4 members (excludes halogenated alkanes) is 1. The van der Waals surface area contributed by atoms with Gasteiger partial charge in [-0.15, -0.1) is 0 Å². The maximum atomic E-state index is 4.84. The number of halogens is 1. The third-order valence-corrected chi connectivity index (χ3v) is 1.42. The van der Waals surface area contributed by atoms with Crippen molar-refractivity contribution in [1.82, 2.24) is 0 Å². The summed E-state index contributed by atoms with van der Waals surface area (Å²) in [5.41, 5.74) is 0. The summed E-state index contributed by atoms with van der Waals surface area (Å²) in [6.07, 6.45) is 7.85. The Labute approximate surface area is 71.2 Å². The molecule has 0 aromatic carbocycles. The van der Waals surface area contributed by atoms with Gasteiger partial charge in [-0.1, -0.05) is 25.5 Å². The molecule has 0 aliphatic rings. The lowest BCUT2D eigenvalue weighted by Crippen LogP contribution is -1.77. The van der Waals surface area contributed by atoms with Gasteiger partial charge in [-0.3, -0.25) is 0 Å². The van der Waals surface area contributed by atoms with Gasteiger partial charge in [0.2, 0.25) is 0 Å². The summed E-state index contributed by atoms with van der Waals surface area (Å²) in [5.74, 6) is 0. The van der Waals surface area contributed by atoms with E-state index in [9.17, 15) is 0 Å². The van der Waals surface area contributed by atoms with E-state index in [-0.39, 0.29) is 0 Å². The number of rotatable bonds is 5. The van der Waals surface area contributed by atoms with Crippen LogP contribution in [0.1, 0.15) is 26.2 Å². The summed E-state index contributed by atoms with van der Waals surface area (Å²) in [4.78, 5) is 0. The molecule has 0 heterocycles. The van der Waals surface area contributed by atoms with Gasteiger partial charge in [-0.2, -0.15) is 0 Å². The lowest BCUT2D eigenvalue weighted by molar-refractivity contribution is 0.436. The Bertz CT molecular complexity index is 71.3. The van der Waals surface area contributed by atoms with E-state index < -0.39 is 0 Å². The van der Waals surface area contributed by atoms with Crippen molar-refractivity contribution < 1.29 is 3.07 Å². The van der Waals surface area contributed by atoms with Crippen molar-refractivity contribution in [3.05, 3.63) is 12.2 Å². The van der Waals surface area contributed by atoms with Gasteiger partial charge in [-0.25, -0.2) is 0 Å². The van der Waals surface area contributed by atoms with E-state index in [0.29, 0.717) is 0 Å². The minimum Gasteiger partial charge on any atom is -0.315 e. The molecule has 0 aliphatic carbocycles. The average Bonchev–Trinajstić information content (AvgIpc) is 1.89. The Hall–Kier alpha value is 0.430. The highest BCUT2D eigenvalue weighted by molar-refractivity contribution is 14.1. The van der Waals surface area contributed by atoms with Gasteiger partial charge in [0, 0.05) is 0 Å². The number of allylic oxidation sites excluding steroid dienone is 1. The molecule has 0 aromatic heterocycles. The van der Waals surface area contributed by atoms with Crippen LogP contribution >= 0.6 is 23.0 Å². The van der Waals surface area contributed by atoms with Crippen molar-refractivity contribution in [2.45, 2.75) is 26.2 Å². The lowest BCUT2D eigenvalue weighted by Gasteiger charge is -1.87. The van der Waals surface area contributed by atoms with E-state index >= 15 is 0 Å². The van der Waals surface area contributed by atoms with Crippen molar-refractivity contribution in [2.24, 2.45) is 0 Å². The third kappa shape index (κ3) is 8.43. The fourth-order valence-corrected chi connectivity index (χ4v) is 0.769. The average molecular weight is 240 g/mol. The van der Waals surface area contributed by atoms with E-state index in [1.54, 1.807) is 0 Å². The normalized spacial score (nSPS) is 10.9. The van der Waals surface area contributed by atoms with E-state index in [1.807, 2.05) is 23.0 Å². The standard InChI is InChI=1S/C7H13IO/c1-2-3-4-5-6-7-9-8/h4-5H,2-3,6-7H2,1H3/b5-4-. The lowest BCUT2D eigenvalue weighted by atomic mass is 10.3. The smallest absolute Gasteiger partial charge is 0.109 e. The van der Waals surface area contributed by atoms with E-state index in [2.05, 4.69) is 19.1 Å². The van der Waals surface area contributed by atoms with Crippen molar-refractivity contribution in [2.75, 3.05) is 6.61 Å². The van der Waals surface area contributed by atoms with Crippen LogP contribution in [-0.4, -0.2) is 6.61 Å². The van der Waals surface area contributed by atoms with Crippen LogP contribution in [-0.2, 0) is 3.07 Å². The highest BCUT2D eigenvalue weighted by Crippen LogP contribution is 1.93. The minimum atomic E-state index is 0.834. The van der Waals surface area contributed by atoms with Crippen LogP contribution in [0.25, 0.3) is 0 Å². The summed E-state index contributed by atoms with van der Waals surface area (Å²) in [5, 5.41) is 0. The molecule has 0 amide bonds. The molecule has 0 rings (SSSR count). The molecule has 1 nitrogen and oxygen atoms in total. The van der Waals surface area contributed by atoms with Gasteiger partial charge in [0.15, 0.2) is 0 Å². The number of hydrogen-bond acceptors (Lipinski definition) is 1. The van der Waals surface area contributed by atoms with E-state index in [0.717, 1.165) is 13.0 Å². The zero-order valence-electron chi connectivity index (χ0n) is 5.77. The molecule has 0 bridgehead atoms. The van der Waals surface area contributed by atoms with Crippen molar-refractivity contribution in [3.63, 3.8) is 0 Å². The van der Waals surface area contributed by atoms with E-state index in [4.69, 9.17) is 3.07 Å². The molecule has 0 N–H and O–H groups in total. The fourth-order valence-electron chi connectivity index (χ4n) is 0.515. The molecule has 9 heavy (non-hydrogen) atoms. The largest absolute Gasteiger partial charge is 0.315 e. The van der Waals surface area contributed by atoms with Crippen LogP contribution in [0.4, 0.5) is 0 Å². The predicted octanol–water partition coefficient (Wildman–Crippen LogP) is 3.10. The minimum absolute atomic E-state index is 0.834. The summed E-state index contributed by atoms with van der Waals surface area (Å²) >= 11 is 1.91. The van der Waals surface area contributed by atoms with Gasteiger partial charge in [-0.05, 0) is 12.8 Å². The second-order valence-electron chi connectivity index (χ2n) is 1.86. The highest BCUT2D eigenvalue weighted by atomic mass is 127. The molecule has 54 valence electrons. The molecule has 0 aromatic rings. The Kier molecular flexibility index (Phi) is 8.83. The Morgan fingerprint density at radius 3 is 2.56 bits per heavy atom. The molecule has 0 fully saturated rings.